The molecule has 1 saturated heterocycles. The third kappa shape index (κ3) is 3.38. The van der Waals surface area contributed by atoms with Crippen LogP contribution in [0.25, 0.3) is 0 Å². The number of carbonyl (C=O) groups excluding carboxylic acids is 1. The van der Waals surface area contributed by atoms with E-state index in [1.165, 1.54) is 11.3 Å². The molecule has 118 valence electrons. The second-order valence-corrected chi connectivity index (χ2v) is 6.47. The Kier molecular flexibility index (Phi) is 4.65. The number of nitrogens with zero attached hydrogens (tertiary/aromatic N) is 5. The van der Waals surface area contributed by atoms with Gasteiger partial charge in [0, 0.05) is 31.5 Å². The second-order valence-electron chi connectivity index (χ2n) is 5.55. The zero-order chi connectivity index (χ0) is 16.2. The first kappa shape index (κ1) is 15.6. The van der Waals surface area contributed by atoms with E-state index in [4.69, 9.17) is 5.26 Å². The van der Waals surface area contributed by atoms with Crippen molar-refractivity contribution >= 4 is 17.2 Å². The lowest BCUT2D eigenvalue weighted by Crippen LogP contribution is -2.36. The number of amides is 1. The molecule has 2 aromatic heterocycles. The molecule has 0 N–H and O–H groups in total. The monoisotopic (exact) mass is 327 g/mol. The van der Waals surface area contributed by atoms with E-state index in [-0.39, 0.29) is 11.9 Å². The summed E-state index contributed by atoms with van der Waals surface area (Å²) in [4.78, 5) is 25.6. The van der Waals surface area contributed by atoms with E-state index in [0.717, 1.165) is 12.2 Å². The predicted octanol–water partition coefficient (Wildman–Crippen LogP) is 1.76. The topological polar surface area (TPSA) is 73.1 Å². The molecule has 0 aromatic carbocycles. The van der Waals surface area contributed by atoms with Gasteiger partial charge in [0.05, 0.1) is 12.1 Å². The molecule has 23 heavy (non-hydrogen) atoms. The highest BCUT2D eigenvalue weighted by Gasteiger charge is 2.31. The first-order valence-corrected chi connectivity index (χ1v) is 8.30. The van der Waals surface area contributed by atoms with Crippen molar-refractivity contribution in [3.05, 3.63) is 46.2 Å². The normalized spacial score (nSPS) is 17.4. The first-order valence-electron chi connectivity index (χ1n) is 7.42. The third-order valence-corrected chi connectivity index (χ3v) is 4.97. The number of carbonyl (C=O) groups is 1. The van der Waals surface area contributed by atoms with Gasteiger partial charge < -0.3 is 4.90 Å². The highest BCUT2D eigenvalue weighted by Crippen LogP contribution is 2.22. The van der Waals surface area contributed by atoms with Crippen molar-refractivity contribution in [3.8, 4) is 6.07 Å². The Morgan fingerprint density at radius 1 is 1.52 bits per heavy atom. The molecule has 1 aliphatic heterocycles. The van der Waals surface area contributed by atoms with E-state index in [0.29, 0.717) is 30.1 Å². The quantitative estimate of drug-likeness (QED) is 0.855. The van der Waals surface area contributed by atoms with E-state index in [1.807, 2.05) is 11.9 Å². The van der Waals surface area contributed by atoms with Crippen molar-refractivity contribution in [3.63, 3.8) is 0 Å². The molecule has 2 aromatic rings. The number of rotatable bonds is 4. The number of thiophene rings is 1. The zero-order valence-electron chi connectivity index (χ0n) is 12.8. The van der Waals surface area contributed by atoms with Gasteiger partial charge in [-0.25, -0.2) is 9.97 Å². The van der Waals surface area contributed by atoms with Crippen molar-refractivity contribution in [2.24, 2.45) is 0 Å². The molecule has 1 atom stereocenters. The van der Waals surface area contributed by atoms with Crippen molar-refractivity contribution in [2.75, 3.05) is 20.1 Å². The Hall–Kier alpha value is -2.30. The number of likely N-dealkylation sites (N-methyl/N-ethyl adjacent to an activating group) is 1. The molecule has 0 saturated carbocycles. The molecule has 3 rings (SSSR count). The van der Waals surface area contributed by atoms with Gasteiger partial charge in [0.25, 0.3) is 5.91 Å². The molecule has 0 bridgehead atoms. The molecule has 3 heterocycles. The van der Waals surface area contributed by atoms with Crippen LogP contribution in [0, 0.1) is 11.3 Å². The maximum absolute atomic E-state index is 12.6. The molecule has 0 aliphatic carbocycles. The second kappa shape index (κ2) is 6.86. The van der Waals surface area contributed by atoms with Gasteiger partial charge in [-0.05, 0) is 31.0 Å². The minimum absolute atomic E-state index is 0.0385. The van der Waals surface area contributed by atoms with Gasteiger partial charge in [0.2, 0.25) is 0 Å². The number of nitriles is 1. The molecule has 1 unspecified atom stereocenters. The van der Waals surface area contributed by atoms with Crippen LogP contribution in [0.3, 0.4) is 0 Å². The first-order chi connectivity index (χ1) is 11.2. The standard InChI is InChI=1S/C16H17N5OS/c1-20(11-14-18-5-2-6-19-14)13-3-7-21(10-13)16(22)15-12(9-17)4-8-23-15/h2,4-6,8,13H,3,7,10-11H2,1H3. The van der Waals surface area contributed by atoms with Crippen molar-refractivity contribution < 1.29 is 4.79 Å². The molecule has 6 nitrogen and oxygen atoms in total. The Morgan fingerprint density at radius 2 is 2.30 bits per heavy atom. The van der Waals surface area contributed by atoms with Gasteiger partial charge in [-0.1, -0.05) is 0 Å². The van der Waals surface area contributed by atoms with Gasteiger partial charge in [0.1, 0.15) is 16.8 Å². The SMILES string of the molecule is CN(Cc1ncccn1)C1CCN(C(=O)c2sccc2C#N)C1. The predicted molar refractivity (Wildman–Crippen MR) is 86.8 cm³/mol. The molecule has 7 heteroatoms. The fourth-order valence-corrected chi connectivity index (χ4v) is 3.57. The highest BCUT2D eigenvalue weighted by molar-refractivity contribution is 7.12. The van der Waals surface area contributed by atoms with Gasteiger partial charge in [0.15, 0.2) is 0 Å². The van der Waals surface area contributed by atoms with Crippen LogP contribution in [-0.4, -0.2) is 51.9 Å². The summed E-state index contributed by atoms with van der Waals surface area (Å²) in [6, 6.07) is 5.87. The third-order valence-electron chi connectivity index (χ3n) is 4.06. The molecular formula is C16H17N5OS. The minimum atomic E-state index is -0.0385. The highest BCUT2D eigenvalue weighted by atomic mass is 32.1. The van der Waals surface area contributed by atoms with E-state index in [2.05, 4.69) is 20.9 Å². The van der Waals surface area contributed by atoms with E-state index in [1.54, 1.807) is 29.9 Å². The van der Waals surface area contributed by atoms with Gasteiger partial charge in [-0.15, -0.1) is 11.3 Å². The average Bonchev–Trinajstić information content (AvgIpc) is 3.24. The molecule has 0 radical (unpaired) electrons. The van der Waals surface area contributed by atoms with Crippen LogP contribution < -0.4 is 0 Å². The van der Waals surface area contributed by atoms with Crippen LogP contribution in [0.5, 0.6) is 0 Å². The van der Waals surface area contributed by atoms with Crippen LogP contribution in [0.2, 0.25) is 0 Å². The molecular weight excluding hydrogens is 310 g/mol. The number of aromatic nitrogens is 2. The minimum Gasteiger partial charge on any atom is -0.336 e. The van der Waals surface area contributed by atoms with Gasteiger partial charge in [-0.2, -0.15) is 5.26 Å². The summed E-state index contributed by atoms with van der Waals surface area (Å²) in [7, 11) is 2.03. The van der Waals surface area contributed by atoms with Crippen LogP contribution in [-0.2, 0) is 6.54 Å². The van der Waals surface area contributed by atoms with Gasteiger partial charge >= 0.3 is 0 Å². The molecule has 0 spiro atoms. The fourth-order valence-electron chi connectivity index (χ4n) is 2.76. The summed E-state index contributed by atoms with van der Waals surface area (Å²) in [5.41, 5.74) is 0.467. The Bertz CT molecular complexity index is 724. The van der Waals surface area contributed by atoms with Crippen LogP contribution in [0.15, 0.2) is 29.9 Å². The summed E-state index contributed by atoms with van der Waals surface area (Å²) in [6.07, 6.45) is 4.39. The fraction of sp³-hybridized carbons (Fsp3) is 0.375. The number of likely N-dealkylation sites (tertiary alicyclic amines) is 1. The largest absolute Gasteiger partial charge is 0.336 e. The lowest BCUT2D eigenvalue weighted by atomic mass is 10.2. The Balaban J connectivity index is 1.62. The van der Waals surface area contributed by atoms with E-state index in [9.17, 15) is 4.79 Å². The van der Waals surface area contributed by atoms with Crippen LogP contribution >= 0.6 is 11.3 Å². The van der Waals surface area contributed by atoms with Gasteiger partial charge in [-0.3, -0.25) is 9.69 Å². The maximum Gasteiger partial charge on any atom is 0.265 e. The summed E-state index contributed by atoms with van der Waals surface area (Å²) < 4.78 is 0. The van der Waals surface area contributed by atoms with Crippen molar-refractivity contribution in [1.29, 1.82) is 5.26 Å². The van der Waals surface area contributed by atoms with E-state index >= 15 is 0 Å². The van der Waals surface area contributed by atoms with Crippen LogP contribution in [0.4, 0.5) is 0 Å². The summed E-state index contributed by atoms with van der Waals surface area (Å²) in [5, 5.41) is 10.9. The average molecular weight is 327 g/mol. The Morgan fingerprint density at radius 3 is 3.04 bits per heavy atom. The lowest BCUT2D eigenvalue weighted by molar-refractivity contribution is 0.0784. The van der Waals surface area contributed by atoms with Crippen LogP contribution in [0.1, 0.15) is 27.5 Å². The van der Waals surface area contributed by atoms with Crippen molar-refractivity contribution in [1.82, 2.24) is 19.8 Å². The maximum atomic E-state index is 12.6. The summed E-state index contributed by atoms with van der Waals surface area (Å²) >= 11 is 1.33. The molecule has 1 amide bonds. The number of hydrogen-bond acceptors (Lipinski definition) is 6. The Labute approximate surface area is 139 Å². The molecule has 1 fully saturated rings. The summed E-state index contributed by atoms with van der Waals surface area (Å²) in [6.45, 7) is 2.05. The zero-order valence-corrected chi connectivity index (χ0v) is 13.7. The lowest BCUT2D eigenvalue weighted by Gasteiger charge is -2.23. The van der Waals surface area contributed by atoms with Crippen molar-refractivity contribution in [2.45, 2.75) is 19.0 Å². The molecule has 1 aliphatic rings. The smallest absolute Gasteiger partial charge is 0.265 e. The summed E-state index contributed by atoms with van der Waals surface area (Å²) in [5.74, 6) is 0.744. The van der Waals surface area contributed by atoms with E-state index < -0.39 is 0 Å². The number of hydrogen-bond donors (Lipinski definition) is 0.